The number of imidazole rings is 1. The standard InChI is InChI=1S/C21H20N4OS/c1-14(22)9-19-18(10-15-5-3-2-4-6-15)23-13-25(19)12-16-7-8-17-20(11-16)27-21(26)24-17/h2-8,11,13H,1,9-10,12,22H2,(H,24,26). The Bertz CT molecular complexity index is 1150. The van der Waals surface area contributed by atoms with Gasteiger partial charge in [0.1, 0.15) is 0 Å². The summed E-state index contributed by atoms with van der Waals surface area (Å²) in [6.45, 7) is 4.54. The Morgan fingerprint density at radius 1 is 1.19 bits per heavy atom. The van der Waals surface area contributed by atoms with Gasteiger partial charge < -0.3 is 15.3 Å². The molecule has 3 N–H and O–H groups in total. The van der Waals surface area contributed by atoms with Gasteiger partial charge in [0.25, 0.3) is 0 Å². The van der Waals surface area contributed by atoms with Gasteiger partial charge in [-0.2, -0.15) is 0 Å². The third-order valence-corrected chi connectivity index (χ3v) is 5.33. The lowest BCUT2D eigenvalue weighted by Gasteiger charge is -2.11. The molecule has 0 aliphatic rings. The molecule has 0 amide bonds. The van der Waals surface area contributed by atoms with Crippen molar-refractivity contribution in [3.63, 3.8) is 0 Å². The van der Waals surface area contributed by atoms with Gasteiger partial charge >= 0.3 is 4.87 Å². The number of aromatic amines is 1. The Labute approximate surface area is 160 Å². The van der Waals surface area contributed by atoms with Gasteiger partial charge in [0.2, 0.25) is 0 Å². The smallest absolute Gasteiger partial charge is 0.305 e. The normalized spacial score (nSPS) is 11.1. The van der Waals surface area contributed by atoms with Crippen molar-refractivity contribution in [1.29, 1.82) is 0 Å². The molecule has 0 fully saturated rings. The molecule has 0 saturated carbocycles. The highest BCUT2D eigenvalue weighted by Gasteiger charge is 2.13. The minimum absolute atomic E-state index is 0.0324. The number of benzene rings is 2. The van der Waals surface area contributed by atoms with Crippen molar-refractivity contribution in [1.82, 2.24) is 14.5 Å². The summed E-state index contributed by atoms with van der Waals surface area (Å²) in [4.78, 5) is 19.0. The van der Waals surface area contributed by atoms with Crippen molar-refractivity contribution >= 4 is 21.6 Å². The second-order valence-electron chi connectivity index (χ2n) is 6.61. The van der Waals surface area contributed by atoms with E-state index in [1.165, 1.54) is 16.9 Å². The minimum atomic E-state index is -0.0324. The fraction of sp³-hybridized carbons (Fsp3) is 0.143. The molecule has 6 heteroatoms. The first-order valence-corrected chi connectivity index (χ1v) is 9.52. The number of allylic oxidation sites excluding steroid dienone is 1. The summed E-state index contributed by atoms with van der Waals surface area (Å²) in [5.41, 5.74) is 11.8. The van der Waals surface area contributed by atoms with Gasteiger partial charge in [-0.05, 0) is 23.3 Å². The van der Waals surface area contributed by atoms with E-state index in [1.54, 1.807) is 0 Å². The quantitative estimate of drug-likeness (QED) is 0.541. The van der Waals surface area contributed by atoms with E-state index in [2.05, 4.69) is 39.3 Å². The number of H-pyrrole nitrogens is 1. The summed E-state index contributed by atoms with van der Waals surface area (Å²) in [6, 6.07) is 16.3. The number of hydrogen-bond donors (Lipinski definition) is 2. The number of nitrogens with zero attached hydrogens (tertiary/aromatic N) is 2. The van der Waals surface area contributed by atoms with Crippen molar-refractivity contribution in [2.75, 3.05) is 0 Å². The van der Waals surface area contributed by atoms with Crippen molar-refractivity contribution in [2.45, 2.75) is 19.4 Å². The van der Waals surface area contributed by atoms with Gasteiger partial charge in [-0.3, -0.25) is 4.79 Å². The van der Waals surface area contributed by atoms with Gasteiger partial charge in [0.05, 0.1) is 22.2 Å². The van der Waals surface area contributed by atoms with Crippen molar-refractivity contribution in [2.24, 2.45) is 5.73 Å². The third-order valence-electron chi connectivity index (χ3n) is 4.48. The molecule has 0 bridgehead atoms. The predicted molar refractivity (Wildman–Crippen MR) is 110 cm³/mol. The van der Waals surface area contributed by atoms with E-state index in [0.717, 1.165) is 33.6 Å². The SMILES string of the molecule is C=C(N)Cc1c(Cc2ccccc2)ncn1Cc1ccc2[nH]c(=O)sc2c1. The Balaban J connectivity index is 1.66. The van der Waals surface area contributed by atoms with Crippen LogP contribution >= 0.6 is 11.3 Å². The molecule has 5 nitrogen and oxygen atoms in total. The van der Waals surface area contributed by atoms with Crippen LogP contribution in [0.15, 0.2) is 71.9 Å². The Morgan fingerprint density at radius 3 is 2.78 bits per heavy atom. The van der Waals surface area contributed by atoms with Gasteiger partial charge in [0.15, 0.2) is 0 Å². The van der Waals surface area contributed by atoms with E-state index in [4.69, 9.17) is 5.73 Å². The topological polar surface area (TPSA) is 76.7 Å². The number of nitrogens with one attached hydrogen (secondary N) is 1. The Hall–Kier alpha value is -3.12. The van der Waals surface area contributed by atoms with Crippen LogP contribution in [-0.2, 0) is 19.4 Å². The van der Waals surface area contributed by atoms with E-state index in [1.807, 2.05) is 36.7 Å². The van der Waals surface area contributed by atoms with Crippen LogP contribution in [0.1, 0.15) is 22.5 Å². The van der Waals surface area contributed by atoms with Crippen LogP contribution < -0.4 is 10.6 Å². The molecule has 0 radical (unpaired) electrons. The van der Waals surface area contributed by atoms with Gasteiger partial charge in [-0.25, -0.2) is 4.98 Å². The maximum absolute atomic E-state index is 11.5. The average Bonchev–Trinajstić information content (AvgIpc) is 3.18. The summed E-state index contributed by atoms with van der Waals surface area (Å²) >= 11 is 1.23. The van der Waals surface area contributed by atoms with E-state index >= 15 is 0 Å². The number of thiazole rings is 1. The summed E-state index contributed by atoms with van der Waals surface area (Å²) in [5, 5.41) is 0. The zero-order chi connectivity index (χ0) is 18.8. The van der Waals surface area contributed by atoms with Crippen LogP contribution in [-0.4, -0.2) is 14.5 Å². The summed E-state index contributed by atoms with van der Waals surface area (Å²) in [5.74, 6) is 0. The highest BCUT2D eigenvalue weighted by molar-refractivity contribution is 7.16. The van der Waals surface area contributed by atoms with Crippen molar-refractivity contribution < 1.29 is 0 Å². The van der Waals surface area contributed by atoms with Crippen LogP contribution in [0.5, 0.6) is 0 Å². The van der Waals surface area contributed by atoms with Gasteiger partial charge in [-0.15, -0.1) is 0 Å². The van der Waals surface area contributed by atoms with E-state index in [9.17, 15) is 4.79 Å². The molecule has 0 aliphatic heterocycles. The lowest BCUT2D eigenvalue weighted by atomic mass is 10.1. The monoisotopic (exact) mass is 376 g/mol. The molecule has 4 aromatic rings. The van der Waals surface area contributed by atoms with Crippen LogP contribution in [0.4, 0.5) is 0 Å². The highest BCUT2D eigenvalue weighted by atomic mass is 32.1. The lowest BCUT2D eigenvalue weighted by Crippen LogP contribution is -2.09. The first-order valence-electron chi connectivity index (χ1n) is 8.70. The molecule has 27 heavy (non-hydrogen) atoms. The molecular formula is C21H20N4OS. The average molecular weight is 376 g/mol. The molecule has 2 aromatic heterocycles. The second-order valence-corrected chi connectivity index (χ2v) is 7.62. The first kappa shape index (κ1) is 17.3. The van der Waals surface area contributed by atoms with Gasteiger partial charge in [0, 0.05) is 30.8 Å². The van der Waals surface area contributed by atoms with Gasteiger partial charge in [-0.1, -0.05) is 54.3 Å². The van der Waals surface area contributed by atoms with Crippen LogP contribution in [0, 0.1) is 0 Å². The zero-order valence-corrected chi connectivity index (χ0v) is 15.6. The second kappa shape index (κ2) is 7.25. The molecule has 2 heterocycles. The maximum Gasteiger partial charge on any atom is 0.305 e. The first-order chi connectivity index (χ1) is 13.1. The molecule has 0 spiro atoms. The number of rotatable bonds is 6. The van der Waals surface area contributed by atoms with Crippen molar-refractivity contribution in [3.8, 4) is 0 Å². The fourth-order valence-electron chi connectivity index (χ4n) is 3.23. The van der Waals surface area contributed by atoms with E-state index in [-0.39, 0.29) is 4.87 Å². The van der Waals surface area contributed by atoms with Crippen molar-refractivity contribution in [3.05, 3.63) is 99.3 Å². The van der Waals surface area contributed by atoms with Crippen LogP contribution in [0.2, 0.25) is 0 Å². The molecule has 4 rings (SSSR count). The molecule has 2 aromatic carbocycles. The van der Waals surface area contributed by atoms with E-state index in [0.29, 0.717) is 18.7 Å². The number of nitrogens with two attached hydrogens (primary N) is 1. The Kier molecular flexibility index (Phi) is 4.64. The molecular weight excluding hydrogens is 356 g/mol. The molecule has 136 valence electrons. The summed E-state index contributed by atoms with van der Waals surface area (Å²) in [7, 11) is 0. The molecule has 0 atom stereocenters. The maximum atomic E-state index is 11.5. The number of hydrogen-bond acceptors (Lipinski definition) is 4. The molecule has 0 saturated heterocycles. The van der Waals surface area contributed by atoms with Crippen LogP contribution in [0.25, 0.3) is 10.2 Å². The number of fused-ring (bicyclic) bond motifs is 1. The van der Waals surface area contributed by atoms with E-state index < -0.39 is 0 Å². The lowest BCUT2D eigenvalue weighted by molar-refractivity contribution is 0.747. The fourth-order valence-corrected chi connectivity index (χ4v) is 4.03. The largest absolute Gasteiger partial charge is 0.402 e. The Morgan fingerprint density at radius 2 is 2.00 bits per heavy atom. The number of aromatic nitrogens is 3. The molecule has 0 unspecified atom stereocenters. The van der Waals surface area contributed by atoms with Crippen LogP contribution in [0.3, 0.4) is 0 Å². The minimum Gasteiger partial charge on any atom is -0.402 e. The summed E-state index contributed by atoms with van der Waals surface area (Å²) in [6.07, 6.45) is 3.21. The highest BCUT2D eigenvalue weighted by Crippen LogP contribution is 2.20. The predicted octanol–water partition coefficient (Wildman–Crippen LogP) is 3.44. The third kappa shape index (κ3) is 3.85. The molecule has 0 aliphatic carbocycles. The summed E-state index contributed by atoms with van der Waals surface area (Å²) < 4.78 is 3.08. The zero-order valence-electron chi connectivity index (χ0n) is 14.8.